The number of nitrogens with zero attached hydrogens (tertiary/aromatic N) is 1. The summed E-state index contributed by atoms with van der Waals surface area (Å²) in [7, 11) is 0. The highest BCUT2D eigenvalue weighted by Gasteiger charge is 2.18. The molecule has 1 saturated heterocycles. The fourth-order valence-corrected chi connectivity index (χ4v) is 3.44. The van der Waals surface area contributed by atoms with Crippen molar-refractivity contribution in [3.8, 4) is 5.75 Å². The van der Waals surface area contributed by atoms with Crippen LogP contribution in [0.5, 0.6) is 5.75 Å². The number of carbonyl (C=O) groups excluding carboxylic acids is 2. The van der Waals surface area contributed by atoms with Crippen LogP contribution in [-0.2, 0) is 16.1 Å². The van der Waals surface area contributed by atoms with E-state index in [1.54, 1.807) is 18.2 Å². The van der Waals surface area contributed by atoms with Gasteiger partial charge in [-0.3, -0.25) is 9.59 Å². The molecule has 0 aliphatic carbocycles. The van der Waals surface area contributed by atoms with Crippen LogP contribution in [0, 0.1) is 0 Å². The number of hydrogen-bond donors (Lipinski definition) is 2. The Balaban J connectivity index is 1.37. The molecule has 28 heavy (non-hydrogen) atoms. The number of ether oxygens (including phenoxy) is 1. The van der Waals surface area contributed by atoms with Crippen LogP contribution in [0.4, 0.5) is 5.69 Å². The molecule has 2 heterocycles. The van der Waals surface area contributed by atoms with Gasteiger partial charge in [0.1, 0.15) is 12.4 Å². The maximum atomic E-state index is 12.5. The minimum Gasteiger partial charge on any atom is -0.488 e. The largest absolute Gasteiger partial charge is 0.488 e. The number of halogens is 1. The Labute approximate surface area is 168 Å². The van der Waals surface area contributed by atoms with Crippen molar-refractivity contribution in [2.24, 2.45) is 0 Å². The first-order valence-electron chi connectivity index (χ1n) is 9.10. The number of rotatable bonds is 4. The van der Waals surface area contributed by atoms with E-state index in [9.17, 15) is 9.59 Å². The second-order valence-electron chi connectivity index (χ2n) is 6.76. The lowest BCUT2D eigenvalue weighted by molar-refractivity contribution is -0.120. The van der Waals surface area contributed by atoms with Gasteiger partial charge in [0.15, 0.2) is 0 Å². The first-order valence-corrected chi connectivity index (χ1v) is 9.48. The first-order chi connectivity index (χ1) is 13.6. The van der Waals surface area contributed by atoms with E-state index in [0.29, 0.717) is 30.2 Å². The van der Waals surface area contributed by atoms with E-state index in [2.05, 4.69) is 10.6 Å². The molecule has 4 rings (SSSR count). The molecular weight excluding hydrogens is 378 g/mol. The highest BCUT2D eigenvalue weighted by molar-refractivity contribution is 6.30. The fraction of sp³-hybridized carbons (Fsp3) is 0.238. The van der Waals surface area contributed by atoms with Crippen molar-refractivity contribution in [2.45, 2.75) is 6.54 Å². The summed E-state index contributed by atoms with van der Waals surface area (Å²) in [5.74, 6) is 0.596. The highest BCUT2D eigenvalue weighted by atomic mass is 35.5. The normalized spacial score (nSPS) is 15.8. The topological polar surface area (TPSA) is 70.7 Å². The molecule has 2 aromatic rings. The molecule has 2 N–H and O–H groups in total. The highest BCUT2D eigenvalue weighted by Crippen LogP contribution is 2.29. The third kappa shape index (κ3) is 4.12. The second kappa shape index (κ2) is 7.94. The monoisotopic (exact) mass is 397 g/mol. The van der Waals surface area contributed by atoms with Gasteiger partial charge in [0.2, 0.25) is 5.91 Å². The summed E-state index contributed by atoms with van der Waals surface area (Å²) in [6.45, 7) is 2.47. The van der Waals surface area contributed by atoms with E-state index in [4.69, 9.17) is 16.3 Å². The van der Waals surface area contributed by atoms with Crippen molar-refractivity contribution in [1.29, 1.82) is 0 Å². The molecule has 1 fully saturated rings. The Kier molecular flexibility index (Phi) is 5.21. The average molecular weight is 398 g/mol. The van der Waals surface area contributed by atoms with Gasteiger partial charge in [0.05, 0.1) is 12.1 Å². The Hall–Kier alpha value is -2.99. The molecule has 2 aromatic carbocycles. The Morgan fingerprint density at radius 1 is 1.21 bits per heavy atom. The lowest BCUT2D eigenvalue weighted by Gasteiger charge is -2.28. The van der Waals surface area contributed by atoms with Gasteiger partial charge in [-0.2, -0.15) is 0 Å². The summed E-state index contributed by atoms with van der Waals surface area (Å²) >= 11 is 6.01. The van der Waals surface area contributed by atoms with E-state index in [1.165, 1.54) is 0 Å². The van der Waals surface area contributed by atoms with Crippen LogP contribution >= 0.6 is 11.6 Å². The molecule has 0 radical (unpaired) electrons. The summed E-state index contributed by atoms with van der Waals surface area (Å²) < 4.78 is 5.63. The summed E-state index contributed by atoms with van der Waals surface area (Å²) in [6.07, 6.45) is 1.81. The van der Waals surface area contributed by atoms with Gasteiger partial charge in [-0.25, -0.2) is 0 Å². The molecule has 7 heteroatoms. The van der Waals surface area contributed by atoms with E-state index < -0.39 is 0 Å². The van der Waals surface area contributed by atoms with Gasteiger partial charge in [0.25, 0.3) is 5.91 Å². The van der Waals surface area contributed by atoms with Crippen LogP contribution in [-0.4, -0.2) is 38.1 Å². The number of nitrogens with one attached hydrogen (secondary N) is 2. The van der Waals surface area contributed by atoms with Crippen LogP contribution in [0.15, 0.2) is 48.0 Å². The Morgan fingerprint density at radius 2 is 2.04 bits per heavy atom. The quantitative estimate of drug-likeness (QED) is 0.831. The zero-order chi connectivity index (χ0) is 19.5. The zero-order valence-electron chi connectivity index (χ0n) is 15.2. The molecule has 0 aromatic heterocycles. The minimum absolute atomic E-state index is 0.0356. The van der Waals surface area contributed by atoms with Crippen LogP contribution in [0.25, 0.3) is 6.08 Å². The maximum absolute atomic E-state index is 12.5. The Morgan fingerprint density at radius 3 is 2.82 bits per heavy atom. The Bertz CT molecular complexity index is 940. The number of anilines is 1. The number of piperazine rings is 1. The maximum Gasteiger partial charge on any atom is 0.250 e. The molecule has 2 aliphatic heterocycles. The SMILES string of the molecule is O=C1CN(c2ccc(CNC(=O)C3=Cc4cc(Cl)ccc4OC3)cc2)CCN1. The van der Waals surface area contributed by atoms with Crippen molar-refractivity contribution in [2.75, 3.05) is 31.1 Å². The van der Waals surface area contributed by atoms with Gasteiger partial charge in [-0.1, -0.05) is 23.7 Å². The lowest BCUT2D eigenvalue weighted by atomic mass is 10.1. The van der Waals surface area contributed by atoms with Crippen LogP contribution < -0.4 is 20.3 Å². The average Bonchev–Trinajstić information content (AvgIpc) is 2.72. The smallest absolute Gasteiger partial charge is 0.250 e. The molecule has 144 valence electrons. The number of hydrogen-bond acceptors (Lipinski definition) is 4. The standard InChI is InChI=1S/C21H20ClN3O3/c22-17-3-6-19-15(10-17)9-16(13-28-19)21(27)24-11-14-1-4-18(5-2-14)25-8-7-23-20(26)12-25/h1-6,9-10H,7-8,11-13H2,(H,23,26)(H,24,27). The molecule has 0 spiro atoms. The fourth-order valence-electron chi connectivity index (χ4n) is 3.26. The van der Waals surface area contributed by atoms with Gasteiger partial charge in [0, 0.05) is 35.9 Å². The van der Waals surface area contributed by atoms with Crippen molar-refractivity contribution in [1.82, 2.24) is 10.6 Å². The molecular formula is C21H20ClN3O3. The third-order valence-corrected chi connectivity index (χ3v) is 5.00. The number of benzene rings is 2. The van der Waals surface area contributed by atoms with Crippen molar-refractivity contribution in [3.05, 3.63) is 64.2 Å². The van der Waals surface area contributed by atoms with Gasteiger partial charge < -0.3 is 20.3 Å². The van der Waals surface area contributed by atoms with Crippen LogP contribution in [0.3, 0.4) is 0 Å². The predicted octanol–water partition coefficient (Wildman–Crippen LogP) is 2.37. The van der Waals surface area contributed by atoms with Crippen molar-refractivity contribution >= 4 is 35.2 Å². The predicted molar refractivity (Wildman–Crippen MR) is 108 cm³/mol. The van der Waals surface area contributed by atoms with E-state index in [-0.39, 0.29) is 18.4 Å². The molecule has 0 bridgehead atoms. The summed E-state index contributed by atoms with van der Waals surface area (Å²) in [5, 5.41) is 6.34. The first kappa shape index (κ1) is 18.4. The summed E-state index contributed by atoms with van der Waals surface area (Å²) in [4.78, 5) is 26.0. The molecule has 2 aliphatic rings. The van der Waals surface area contributed by atoms with Crippen molar-refractivity contribution < 1.29 is 14.3 Å². The number of amides is 2. The van der Waals surface area contributed by atoms with E-state index in [0.717, 1.165) is 29.1 Å². The van der Waals surface area contributed by atoms with Crippen LogP contribution in [0.1, 0.15) is 11.1 Å². The molecule has 2 amide bonds. The van der Waals surface area contributed by atoms with Crippen LogP contribution in [0.2, 0.25) is 5.02 Å². The van der Waals surface area contributed by atoms with Gasteiger partial charge in [-0.15, -0.1) is 0 Å². The second-order valence-corrected chi connectivity index (χ2v) is 7.20. The molecule has 6 nitrogen and oxygen atoms in total. The number of fused-ring (bicyclic) bond motifs is 1. The van der Waals surface area contributed by atoms with Gasteiger partial charge >= 0.3 is 0 Å². The summed E-state index contributed by atoms with van der Waals surface area (Å²) in [5.41, 5.74) is 3.35. The number of carbonyl (C=O) groups is 2. The molecule has 0 saturated carbocycles. The minimum atomic E-state index is -0.164. The molecule has 0 unspecified atom stereocenters. The third-order valence-electron chi connectivity index (χ3n) is 4.77. The summed E-state index contributed by atoms with van der Waals surface area (Å²) in [6, 6.07) is 13.2. The van der Waals surface area contributed by atoms with E-state index >= 15 is 0 Å². The molecule has 0 atom stereocenters. The lowest BCUT2D eigenvalue weighted by Crippen LogP contribution is -2.47. The van der Waals surface area contributed by atoms with E-state index in [1.807, 2.05) is 35.2 Å². The zero-order valence-corrected chi connectivity index (χ0v) is 16.0. The van der Waals surface area contributed by atoms with Gasteiger partial charge in [-0.05, 0) is 42.0 Å². The van der Waals surface area contributed by atoms with Crippen molar-refractivity contribution in [3.63, 3.8) is 0 Å².